The summed E-state index contributed by atoms with van der Waals surface area (Å²) in [7, 11) is -2.05. The molecule has 2 aromatic rings. The van der Waals surface area contributed by atoms with Crippen molar-refractivity contribution < 1.29 is 12.8 Å². The number of rotatable bonds is 6. The summed E-state index contributed by atoms with van der Waals surface area (Å²) in [5.41, 5.74) is 2.33. The van der Waals surface area contributed by atoms with Crippen LogP contribution in [0.4, 0.5) is 4.39 Å². The Balaban J connectivity index is 2.30. The molecule has 0 saturated heterocycles. The van der Waals surface area contributed by atoms with Gasteiger partial charge in [0.15, 0.2) is 0 Å². The minimum absolute atomic E-state index is 0.0303. The Morgan fingerprint density at radius 2 is 2.10 bits per heavy atom. The third-order valence-corrected chi connectivity index (χ3v) is 5.25. The molecule has 0 aliphatic carbocycles. The number of hydrogen-bond acceptors (Lipinski definition) is 5. The van der Waals surface area contributed by atoms with Gasteiger partial charge in [-0.25, -0.2) is 17.5 Å². The average Bonchev–Trinajstić information content (AvgIpc) is 2.94. The molecule has 0 aliphatic heterocycles. The Morgan fingerprint density at radius 1 is 1.33 bits per heavy atom. The molecule has 0 amide bonds. The summed E-state index contributed by atoms with van der Waals surface area (Å²) < 4.78 is 41.0. The van der Waals surface area contributed by atoms with Gasteiger partial charge in [0.1, 0.15) is 5.82 Å². The van der Waals surface area contributed by atoms with Crippen molar-refractivity contribution in [2.45, 2.75) is 24.9 Å². The molecule has 0 unspecified atom stereocenters. The van der Waals surface area contributed by atoms with Crippen LogP contribution in [0.15, 0.2) is 28.7 Å². The lowest BCUT2D eigenvalue weighted by molar-refractivity contribution is 0.573. The molecule has 5 nitrogen and oxygen atoms in total. The van der Waals surface area contributed by atoms with Gasteiger partial charge < -0.3 is 5.32 Å². The van der Waals surface area contributed by atoms with Crippen molar-refractivity contribution in [2.24, 2.45) is 0 Å². The molecule has 114 valence electrons. The summed E-state index contributed by atoms with van der Waals surface area (Å²) in [5, 5.41) is 2.88. The summed E-state index contributed by atoms with van der Waals surface area (Å²) in [6.45, 7) is 2.00. The molecule has 0 aliphatic rings. The highest BCUT2D eigenvalue weighted by Crippen LogP contribution is 2.21. The fourth-order valence-corrected chi connectivity index (χ4v) is 3.80. The van der Waals surface area contributed by atoms with Crippen molar-refractivity contribution in [1.29, 1.82) is 0 Å². The SMILES string of the molecule is CNCc1cc(F)c(C)c(S(=O)(=O)NCc2cncs2)c1. The second kappa shape index (κ2) is 6.61. The summed E-state index contributed by atoms with van der Waals surface area (Å²) in [6.07, 6.45) is 1.60. The molecule has 2 N–H and O–H groups in total. The number of benzene rings is 1. The van der Waals surface area contributed by atoms with Crippen LogP contribution in [0.25, 0.3) is 0 Å². The highest BCUT2D eigenvalue weighted by atomic mass is 32.2. The minimum atomic E-state index is -3.77. The summed E-state index contributed by atoms with van der Waals surface area (Å²) in [6, 6.07) is 2.83. The molecular weight excluding hydrogens is 313 g/mol. The molecule has 1 aromatic carbocycles. The summed E-state index contributed by atoms with van der Waals surface area (Å²) >= 11 is 1.36. The van der Waals surface area contributed by atoms with Crippen LogP contribution in [-0.2, 0) is 23.1 Å². The third kappa shape index (κ3) is 3.85. The Kier molecular flexibility index (Phi) is 5.04. The molecule has 1 aromatic heterocycles. The van der Waals surface area contributed by atoms with Crippen molar-refractivity contribution in [3.8, 4) is 0 Å². The van der Waals surface area contributed by atoms with E-state index in [2.05, 4.69) is 15.0 Å². The number of nitrogens with one attached hydrogen (secondary N) is 2. The van der Waals surface area contributed by atoms with Crippen LogP contribution >= 0.6 is 11.3 Å². The van der Waals surface area contributed by atoms with Crippen LogP contribution in [0.1, 0.15) is 16.0 Å². The van der Waals surface area contributed by atoms with E-state index < -0.39 is 15.8 Å². The zero-order valence-corrected chi connectivity index (χ0v) is 13.3. The van der Waals surface area contributed by atoms with E-state index in [0.717, 1.165) is 4.88 Å². The van der Waals surface area contributed by atoms with Crippen molar-refractivity contribution in [3.63, 3.8) is 0 Å². The first-order valence-corrected chi connectivity index (χ1v) is 8.61. The molecule has 0 radical (unpaired) electrons. The number of thiazole rings is 1. The van der Waals surface area contributed by atoms with Crippen molar-refractivity contribution >= 4 is 21.4 Å². The van der Waals surface area contributed by atoms with Gasteiger partial charge in [-0.05, 0) is 31.7 Å². The maximum Gasteiger partial charge on any atom is 0.241 e. The van der Waals surface area contributed by atoms with E-state index in [4.69, 9.17) is 0 Å². The maximum absolute atomic E-state index is 13.9. The molecule has 0 bridgehead atoms. The first-order chi connectivity index (χ1) is 9.94. The zero-order chi connectivity index (χ0) is 15.5. The molecule has 2 rings (SSSR count). The van der Waals surface area contributed by atoms with E-state index in [9.17, 15) is 12.8 Å². The molecule has 0 fully saturated rings. The van der Waals surface area contributed by atoms with Gasteiger partial charge in [0.2, 0.25) is 10.0 Å². The topological polar surface area (TPSA) is 71.1 Å². The highest BCUT2D eigenvalue weighted by Gasteiger charge is 2.20. The smallest absolute Gasteiger partial charge is 0.241 e. The fraction of sp³-hybridized carbons (Fsp3) is 0.308. The first-order valence-electron chi connectivity index (χ1n) is 6.24. The quantitative estimate of drug-likeness (QED) is 0.847. The Morgan fingerprint density at radius 3 is 2.71 bits per heavy atom. The Labute approximate surface area is 127 Å². The second-order valence-electron chi connectivity index (χ2n) is 4.52. The van der Waals surface area contributed by atoms with Crippen LogP contribution in [0, 0.1) is 12.7 Å². The fourth-order valence-electron chi connectivity index (χ4n) is 1.87. The molecule has 0 atom stereocenters. The maximum atomic E-state index is 13.9. The van der Waals surface area contributed by atoms with E-state index in [0.29, 0.717) is 12.1 Å². The molecule has 21 heavy (non-hydrogen) atoms. The number of nitrogens with zero attached hydrogens (tertiary/aromatic N) is 1. The summed E-state index contributed by atoms with van der Waals surface area (Å²) in [4.78, 5) is 4.65. The largest absolute Gasteiger partial charge is 0.316 e. The average molecular weight is 329 g/mol. The van der Waals surface area contributed by atoms with Crippen LogP contribution < -0.4 is 10.0 Å². The Hall–Kier alpha value is -1.35. The van der Waals surface area contributed by atoms with Gasteiger partial charge in [0.25, 0.3) is 0 Å². The number of aromatic nitrogens is 1. The number of hydrogen-bond donors (Lipinski definition) is 2. The Bertz CT molecular complexity index is 715. The predicted octanol–water partition coefficient (Wildman–Crippen LogP) is 1.79. The van der Waals surface area contributed by atoms with E-state index >= 15 is 0 Å². The first kappa shape index (κ1) is 16.0. The van der Waals surface area contributed by atoms with Gasteiger partial charge >= 0.3 is 0 Å². The number of halogens is 1. The monoisotopic (exact) mass is 329 g/mol. The van der Waals surface area contributed by atoms with E-state index in [1.54, 1.807) is 18.8 Å². The van der Waals surface area contributed by atoms with Gasteiger partial charge in [-0.3, -0.25) is 4.98 Å². The van der Waals surface area contributed by atoms with E-state index in [-0.39, 0.29) is 17.0 Å². The minimum Gasteiger partial charge on any atom is -0.316 e. The van der Waals surface area contributed by atoms with Crippen LogP contribution in [-0.4, -0.2) is 20.4 Å². The highest BCUT2D eigenvalue weighted by molar-refractivity contribution is 7.89. The molecular formula is C13H16FN3O2S2. The number of sulfonamides is 1. The molecule has 1 heterocycles. The lowest BCUT2D eigenvalue weighted by atomic mass is 10.1. The zero-order valence-electron chi connectivity index (χ0n) is 11.7. The van der Waals surface area contributed by atoms with Crippen LogP contribution in [0.3, 0.4) is 0 Å². The van der Waals surface area contributed by atoms with E-state index in [1.807, 2.05) is 0 Å². The third-order valence-electron chi connectivity index (χ3n) is 2.95. The van der Waals surface area contributed by atoms with Gasteiger partial charge in [-0.1, -0.05) is 0 Å². The van der Waals surface area contributed by atoms with Gasteiger partial charge in [0.05, 0.1) is 10.4 Å². The summed E-state index contributed by atoms with van der Waals surface area (Å²) in [5.74, 6) is -0.527. The lowest BCUT2D eigenvalue weighted by Crippen LogP contribution is -2.24. The van der Waals surface area contributed by atoms with E-state index in [1.165, 1.54) is 30.4 Å². The van der Waals surface area contributed by atoms with Crippen molar-refractivity contribution in [3.05, 3.63) is 45.7 Å². The normalized spacial score (nSPS) is 11.8. The van der Waals surface area contributed by atoms with Crippen LogP contribution in [0.5, 0.6) is 0 Å². The molecule has 8 heteroatoms. The molecule has 0 spiro atoms. The van der Waals surface area contributed by atoms with Gasteiger partial charge in [0, 0.05) is 29.7 Å². The standard InChI is InChI=1S/C13H16FN3O2S2/c1-9-12(14)3-10(5-15-2)4-13(9)21(18,19)17-7-11-6-16-8-20-11/h3-4,6,8,15,17H,5,7H2,1-2H3. The lowest BCUT2D eigenvalue weighted by Gasteiger charge is -2.11. The van der Waals surface area contributed by atoms with Gasteiger partial charge in [-0.2, -0.15) is 0 Å². The molecule has 0 saturated carbocycles. The van der Waals surface area contributed by atoms with Crippen molar-refractivity contribution in [1.82, 2.24) is 15.0 Å². The second-order valence-corrected chi connectivity index (χ2v) is 7.23. The predicted molar refractivity (Wildman–Crippen MR) is 80.0 cm³/mol. The van der Waals surface area contributed by atoms with Crippen molar-refractivity contribution in [2.75, 3.05) is 7.05 Å². The van der Waals surface area contributed by atoms with Crippen LogP contribution in [0.2, 0.25) is 0 Å². The van der Waals surface area contributed by atoms with Gasteiger partial charge in [-0.15, -0.1) is 11.3 Å².